The Hall–Kier alpha value is -3.23. The Labute approximate surface area is 208 Å². The summed E-state index contributed by atoms with van der Waals surface area (Å²) in [5.41, 5.74) is 2.65. The maximum absolute atomic E-state index is 12.9. The Bertz CT molecular complexity index is 958. The van der Waals surface area contributed by atoms with Gasteiger partial charge in [0.15, 0.2) is 0 Å². The molecule has 1 heterocycles. The van der Waals surface area contributed by atoms with Crippen molar-refractivity contribution in [1.82, 2.24) is 4.90 Å². The molecular weight excluding hydrogens is 446 g/mol. The van der Waals surface area contributed by atoms with Gasteiger partial charge in [-0.2, -0.15) is 0 Å². The third-order valence-electron chi connectivity index (χ3n) is 5.44. The van der Waals surface area contributed by atoms with Crippen LogP contribution in [0, 0.1) is 0 Å². The van der Waals surface area contributed by atoms with Gasteiger partial charge >= 0.3 is 0 Å². The van der Waals surface area contributed by atoms with Gasteiger partial charge in [-0.25, -0.2) is 0 Å². The molecule has 0 aliphatic carbocycles. The van der Waals surface area contributed by atoms with Crippen LogP contribution < -0.4 is 24.4 Å². The largest absolute Gasteiger partial charge is 0.492 e. The van der Waals surface area contributed by atoms with Crippen LogP contribution in [-0.2, 0) is 16.1 Å². The van der Waals surface area contributed by atoms with Gasteiger partial charge in [0.1, 0.15) is 23.9 Å². The second kappa shape index (κ2) is 13.6. The van der Waals surface area contributed by atoms with Gasteiger partial charge < -0.3 is 29.2 Å². The standard InChI is InChI=1S/C27H37N3O5/c1-5-14-35-22-10-8-21(9-11-22)19-29(4)20-27(31)28-23-17-26(34-7-3)24(18-25(23)33-6-2)30-12-15-32-16-13-30/h5,8-11,17-18H,1,6-7,12-16,19-20H2,2-4H3,(H,28,31). The summed E-state index contributed by atoms with van der Waals surface area (Å²) in [7, 11) is 1.91. The van der Waals surface area contributed by atoms with Crippen molar-refractivity contribution in [2.24, 2.45) is 0 Å². The van der Waals surface area contributed by atoms with E-state index in [9.17, 15) is 4.79 Å². The van der Waals surface area contributed by atoms with E-state index in [1.807, 2.05) is 62.2 Å². The summed E-state index contributed by atoms with van der Waals surface area (Å²) in [5, 5.41) is 3.02. The average molecular weight is 484 g/mol. The Morgan fingerprint density at radius 3 is 2.43 bits per heavy atom. The molecule has 190 valence electrons. The summed E-state index contributed by atoms with van der Waals surface area (Å²) in [4.78, 5) is 17.1. The first-order valence-electron chi connectivity index (χ1n) is 12.1. The molecule has 0 saturated carbocycles. The zero-order chi connectivity index (χ0) is 25.0. The van der Waals surface area contributed by atoms with E-state index in [2.05, 4.69) is 16.8 Å². The molecule has 1 aliphatic rings. The van der Waals surface area contributed by atoms with Crippen molar-refractivity contribution in [1.29, 1.82) is 0 Å². The van der Waals surface area contributed by atoms with Crippen LogP contribution in [0.2, 0.25) is 0 Å². The molecule has 0 radical (unpaired) electrons. The van der Waals surface area contributed by atoms with Gasteiger partial charge in [-0.1, -0.05) is 24.8 Å². The molecule has 3 rings (SSSR count). The van der Waals surface area contributed by atoms with Crippen LogP contribution in [0.15, 0.2) is 49.1 Å². The van der Waals surface area contributed by atoms with E-state index in [1.165, 1.54) is 0 Å². The lowest BCUT2D eigenvalue weighted by molar-refractivity contribution is -0.117. The number of carbonyl (C=O) groups is 1. The molecule has 35 heavy (non-hydrogen) atoms. The number of hydrogen-bond acceptors (Lipinski definition) is 7. The van der Waals surface area contributed by atoms with E-state index >= 15 is 0 Å². The van der Waals surface area contributed by atoms with Crippen molar-refractivity contribution in [2.45, 2.75) is 20.4 Å². The van der Waals surface area contributed by atoms with Crippen LogP contribution in [-0.4, -0.2) is 70.5 Å². The minimum absolute atomic E-state index is 0.124. The molecule has 1 amide bonds. The van der Waals surface area contributed by atoms with Crippen LogP contribution >= 0.6 is 0 Å². The van der Waals surface area contributed by atoms with Crippen LogP contribution in [0.3, 0.4) is 0 Å². The zero-order valence-corrected chi connectivity index (χ0v) is 21.0. The molecule has 0 aromatic heterocycles. The lowest BCUT2D eigenvalue weighted by Crippen LogP contribution is -2.36. The SMILES string of the molecule is C=CCOc1ccc(CN(C)CC(=O)Nc2cc(OCC)c(N3CCOCC3)cc2OCC)cc1. The van der Waals surface area contributed by atoms with Crippen LogP contribution in [0.5, 0.6) is 17.2 Å². The molecule has 1 aliphatic heterocycles. The molecule has 0 spiro atoms. The number of benzene rings is 2. The second-order valence-electron chi connectivity index (χ2n) is 8.25. The fourth-order valence-corrected chi connectivity index (χ4v) is 3.89. The fraction of sp³-hybridized carbons (Fsp3) is 0.444. The monoisotopic (exact) mass is 483 g/mol. The molecule has 1 N–H and O–H groups in total. The Kier molecular flexibility index (Phi) is 10.3. The van der Waals surface area contributed by atoms with Crippen LogP contribution in [0.1, 0.15) is 19.4 Å². The number of likely N-dealkylation sites (N-methyl/N-ethyl adjacent to an activating group) is 1. The van der Waals surface area contributed by atoms with E-state index in [0.717, 1.165) is 35.8 Å². The van der Waals surface area contributed by atoms with E-state index in [4.69, 9.17) is 18.9 Å². The van der Waals surface area contributed by atoms with Gasteiger partial charge in [0.05, 0.1) is 44.3 Å². The van der Waals surface area contributed by atoms with E-state index < -0.39 is 0 Å². The fourth-order valence-electron chi connectivity index (χ4n) is 3.89. The first kappa shape index (κ1) is 26.4. The third kappa shape index (κ3) is 7.90. The number of nitrogens with zero attached hydrogens (tertiary/aromatic N) is 2. The minimum Gasteiger partial charge on any atom is -0.492 e. The summed E-state index contributed by atoms with van der Waals surface area (Å²) in [6.07, 6.45) is 1.71. The molecule has 1 fully saturated rings. The van der Waals surface area contributed by atoms with Crippen molar-refractivity contribution >= 4 is 17.3 Å². The molecule has 8 nitrogen and oxygen atoms in total. The van der Waals surface area contributed by atoms with Crippen LogP contribution in [0.25, 0.3) is 0 Å². The third-order valence-corrected chi connectivity index (χ3v) is 5.44. The van der Waals surface area contributed by atoms with Crippen LogP contribution in [0.4, 0.5) is 11.4 Å². The van der Waals surface area contributed by atoms with Crippen molar-refractivity contribution in [3.8, 4) is 17.2 Å². The smallest absolute Gasteiger partial charge is 0.238 e. The molecule has 0 atom stereocenters. The van der Waals surface area contributed by atoms with Gasteiger partial charge in [-0.15, -0.1) is 0 Å². The van der Waals surface area contributed by atoms with Crippen molar-refractivity contribution < 1.29 is 23.7 Å². The average Bonchev–Trinajstić information content (AvgIpc) is 2.85. The molecule has 8 heteroatoms. The summed E-state index contributed by atoms with van der Waals surface area (Å²) >= 11 is 0. The number of ether oxygens (including phenoxy) is 4. The molecule has 0 bridgehead atoms. The molecule has 1 saturated heterocycles. The maximum atomic E-state index is 12.9. The van der Waals surface area contributed by atoms with E-state index in [0.29, 0.717) is 51.0 Å². The van der Waals surface area contributed by atoms with Crippen molar-refractivity contribution in [3.05, 3.63) is 54.6 Å². The van der Waals surface area contributed by atoms with Gasteiger partial charge in [0.25, 0.3) is 0 Å². The second-order valence-corrected chi connectivity index (χ2v) is 8.25. The normalized spacial score (nSPS) is 13.4. The quantitative estimate of drug-likeness (QED) is 0.433. The van der Waals surface area contributed by atoms with Gasteiger partial charge in [0.2, 0.25) is 5.91 Å². The lowest BCUT2D eigenvalue weighted by Gasteiger charge is -2.31. The molecule has 0 unspecified atom stereocenters. The van der Waals surface area contributed by atoms with E-state index in [-0.39, 0.29) is 12.5 Å². The molecule has 2 aromatic rings. The van der Waals surface area contributed by atoms with Gasteiger partial charge in [-0.3, -0.25) is 9.69 Å². The number of rotatable bonds is 13. The highest BCUT2D eigenvalue weighted by Gasteiger charge is 2.20. The minimum atomic E-state index is -0.124. The first-order chi connectivity index (χ1) is 17.0. The number of nitrogens with one attached hydrogen (secondary N) is 1. The Balaban J connectivity index is 1.67. The predicted molar refractivity (Wildman–Crippen MR) is 139 cm³/mol. The number of carbonyl (C=O) groups excluding carboxylic acids is 1. The highest BCUT2D eigenvalue weighted by Crippen LogP contribution is 2.39. The van der Waals surface area contributed by atoms with Gasteiger partial charge in [-0.05, 0) is 38.6 Å². The number of hydrogen-bond donors (Lipinski definition) is 1. The van der Waals surface area contributed by atoms with Crippen molar-refractivity contribution in [2.75, 3.05) is 69.9 Å². The highest BCUT2D eigenvalue weighted by molar-refractivity contribution is 5.94. The molecular formula is C27H37N3O5. The lowest BCUT2D eigenvalue weighted by atomic mass is 10.2. The summed E-state index contributed by atoms with van der Waals surface area (Å²) in [5.74, 6) is 2.02. The highest BCUT2D eigenvalue weighted by atomic mass is 16.5. The Morgan fingerprint density at radius 2 is 1.77 bits per heavy atom. The number of morpholine rings is 1. The summed E-state index contributed by atoms with van der Waals surface area (Å²) < 4.78 is 22.8. The topological polar surface area (TPSA) is 72.5 Å². The van der Waals surface area contributed by atoms with E-state index in [1.54, 1.807) is 6.08 Å². The first-order valence-corrected chi connectivity index (χ1v) is 12.1. The summed E-state index contributed by atoms with van der Waals surface area (Å²) in [6.45, 7) is 12.8. The zero-order valence-electron chi connectivity index (χ0n) is 21.0. The number of anilines is 2. The van der Waals surface area contributed by atoms with Gasteiger partial charge in [0, 0.05) is 31.8 Å². The maximum Gasteiger partial charge on any atom is 0.238 e. The van der Waals surface area contributed by atoms with Crippen molar-refractivity contribution in [3.63, 3.8) is 0 Å². The number of amides is 1. The summed E-state index contributed by atoms with van der Waals surface area (Å²) in [6, 6.07) is 11.7. The molecule has 2 aromatic carbocycles. The Morgan fingerprint density at radius 1 is 1.09 bits per heavy atom. The predicted octanol–water partition coefficient (Wildman–Crippen LogP) is 3.96.